The van der Waals surface area contributed by atoms with Gasteiger partial charge in [0, 0.05) is 21.5 Å². The molecule has 6 aromatic rings. The maximum Gasteiger partial charge on any atom is 0.143 e. The van der Waals surface area contributed by atoms with Crippen molar-refractivity contribution >= 4 is 33.3 Å². The average Bonchev–Trinajstić information content (AvgIpc) is 3.23. The first-order chi connectivity index (χ1) is 15.8. The highest BCUT2D eigenvalue weighted by Gasteiger charge is 2.18. The molecule has 0 unspecified atom stereocenters. The van der Waals surface area contributed by atoms with Crippen LogP contribution in [-0.2, 0) is 0 Å². The first kappa shape index (κ1) is 18.9. The monoisotopic (exact) mass is 430 g/mol. The van der Waals surface area contributed by atoms with Crippen LogP contribution in [0.5, 0.6) is 0 Å². The lowest BCUT2D eigenvalue weighted by molar-refractivity contribution is 0.632. The van der Waals surface area contributed by atoms with Crippen molar-refractivity contribution in [2.24, 2.45) is 0 Å². The number of benzene rings is 5. The second kappa shape index (κ2) is 7.71. The Bertz CT molecular complexity index is 1560. The molecule has 0 N–H and O–H groups in total. The molecule has 0 spiro atoms. The standard InChI is InChI=1S/C30H19ClO/c31-26-15-13-23-17-22(11-12-24(23)18-26)25-14-16-28-27(19-25)29(20-7-3-1-4-8-20)30(32-28)21-9-5-2-6-10-21/h1-19H. The molecule has 5 aromatic carbocycles. The predicted molar refractivity (Wildman–Crippen MR) is 135 cm³/mol. The summed E-state index contributed by atoms with van der Waals surface area (Å²) in [5.74, 6) is 0.900. The van der Waals surface area contributed by atoms with Crippen LogP contribution in [0.3, 0.4) is 0 Å². The fourth-order valence-electron chi connectivity index (χ4n) is 4.36. The van der Waals surface area contributed by atoms with Gasteiger partial charge in [-0.1, -0.05) is 96.5 Å². The van der Waals surface area contributed by atoms with Crippen LogP contribution < -0.4 is 0 Å². The van der Waals surface area contributed by atoms with Crippen LogP contribution in [0, 0.1) is 0 Å². The van der Waals surface area contributed by atoms with Crippen molar-refractivity contribution < 1.29 is 4.42 Å². The lowest BCUT2D eigenvalue weighted by Crippen LogP contribution is -1.82. The van der Waals surface area contributed by atoms with E-state index in [4.69, 9.17) is 16.0 Å². The second-order valence-electron chi connectivity index (χ2n) is 7.96. The van der Waals surface area contributed by atoms with Crippen LogP contribution in [0.15, 0.2) is 120 Å². The van der Waals surface area contributed by atoms with Gasteiger partial charge in [0.05, 0.1) is 0 Å². The van der Waals surface area contributed by atoms with Crippen molar-refractivity contribution in [1.82, 2.24) is 0 Å². The molecule has 0 atom stereocenters. The maximum atomic E-state index is 6.40. The van der Waals surface area contributed by atoms with Crippen molar-refractivity contribution in [3.05, 3.63) is 120 Å². The summed E-state index contributed by atoms with van der Waals surface area (Å²) in [4.78, 5) is 0. The minimum absolute atomic E-state index is 0.756. The van der Waals surface area contributed by atoms with Gasteiger partial charge in [0.15, 0.2) is 0 Å². The minimum atomic E-state index is 0.756. The van der Waals surface area contributed by atoms with Gasteiger partial charge < -0.3 is 4.42 Å². The molecule has 1 heterocycles. The van der Waals surface area contributed by atoms with E-state index in [9.17, 15) is 0 Å². The van der Waals surface area contributed by atoms with Gasteiger partial charge in [-0.2, -0.15) is 0 Å². The molecule has 0 amide bonds. The molecule has 1 aromatic heterocycles. The van der Waals surface area contributed by atoms with Gasteiger partial charge in [0.2, 0.25) is 0 Å². The SMILES string of the molecule is Clc1ccc2cc(-c3ccc4oc(-c5ccccc5)c(-c5ccccc5)c4c3)ccc2c1. The van der Waals surface area contributed by atoms with Crippen LogP contribution in [0.1, 0.15) is 0 Å². The van der Waals surface area contributed by atoms with Gasteiger partial charge in [-0.3, -0.25) is 0 Å². The fourth-order valence-corrected chi connectivity index (χ4v) is 4.54. The molecule has 2 heteroatoms. The van der Waals surface area contributed by atoms with Crippen molar-refractivity contribution in [3.63, 3.8) is 0 Å². The van der Waals surface area contributed by atoms with Gasteiger partial charge >= 0.3 is 0 Å². The molecule has 0 aliphatic rings. The summed E-state index contributed by atoms with van der Waals surface area (Å²) in [7, 11) is 0. The van der Waals surface area contributed by atoms with E-state index >= 15 is 0 Å². The zero-order valence-corrected chi connectivity index (χ0v) is 18.0. The summed E-state index contributed by atoms with van der Waals surface area (Å²) < 4.78 is 6.40. The molecule has 0 aliphatic carbocycles. The molecule has 0 fully saturated rings. The maximum absolute atomic E-state index is 6.40. The van der Waals surface area contributed by atoms with E-state index in [2.05, 4.69) is 78.9 Å². The molecular formula is C30H19ClO. The van der Waals surface area contributed by atoms with Gasteiger partial charge in [0.1, 0.15) is 11.3 Å². The summed E-state index contributed by atoms with van der Waals surface area (Å²) in [5, 5.41) is 4.18. The van der Waals surface area contributed by atoms with E-state index in [-0.39, 0.29) is 0 Å². The van der Waals surface area contributed by atoms with Crippen LogP contribution in [0.2, 0.25) is 5.02 Å². The molecule has 0 aliphatic heterocycles. The smallest absolute Gasteiger partial charge is 0.143 e. The Morgan fingerprint density at radius 2 is 1.12 bits per heavy atom. The number of fused-ring (bicyclic) bond motifs is 2. The van der Waals surface area contributed by atoms with Crippen LogP contribution in [0.4, 0.5) is 0 Å². The summed E-state index contributed by atoms with van der Waals surface area (Å²) in [6, 6.07) is 39.7. The Balaban J connectivity index is 1.58. The Morgan fingerprint density at radius 1 is 0.500 bits per heavy atom. The van der Waals surface area contributed by atoms with Gasteiger partial charge in [-0.05, 0) is 57.8 Å². The molecular weight excluding hydrogens is 412 g/mol. The molecule has 1 nitrogen and oxygen atoms in total. The Kier molecular flexibility index (Phi) is 4.56. The van der Waals surface area contributed by atoms with E-state index in [1.165, 1.54) is 10.9 Å². The van der Waals surface area contributed by atoms with E-state index in [1.54, 1.807) is 0 Å². The quantitative estimate of drug-likeness (QED) is 0.272. The third-order valence-corrected chi connectivity index (χ3v) is 6.16. The number of rotatable bonds is 3. The highest BCUT2D eigenvalue weighted by molar-refractivity contribution is 6.31. The first-order valence-corrected chi connectivity index (χ1v) is 11.0. The summed E-state index contributed by atoms with van der Waals surface area (Å²) >= 11 is 6.16. The number of furan rings is 1. The topological polar surface area (TPSA) is 13.1 Å². The largest absolute Gasteiger partial charge is 0.455 e. The van der Waals surface area contributed by atoms with Crippen molar-refractivity contribution in [2.75, 3.05) is 0 Å². The van der Waals surface area contributed by atoms with Crippen LogP contribution in [-0.4, -0.2) is 0 Å². The number of halogens is 1. The Labute approximate surface area is 191 Å². The lowest BCUT2D eigenvalue weighted by atomic mass is 9.95. The molecule has 0 radical (unpaired) electrons. The normalized spacial score (nSPS) is 11.3. The summed E-state index contributed by atoms with van der Waals surface area (Å²) in [5.41, 5.74) is 6.57. The van der Waals surface area contributed by atoms with Crippen molar-refractivity contribution in [3.8, 4) is 33.6 Å². The summed E-state index contributed by atoms with van der Waals surface area (Å²) in [6.07, 6.45) is 0. The lowest BCUT2D eigenvalue weighted by Gasteiger charge is -2.06. The molecule has 152 valence electrons. The van der Waals surface area contributed by atoms with Crippen molar-refractivity contribution in [2.45, 2.75) is 0 Å². The van der Waals surface area contributed by atoms with Gasteiger partial charge in [-0.25, -0.2) is 0 Å². The average molecular weight is 431 g/mol. The molecule has 0 saturated carbocycles. The van der Waals surface area contributed by atoms with Crippen molar-refractivity contribution in [1.29, 1.82) is 0 Å². The molecule has 32 heavy (non-hydrogen) atoms. The molecule has 0 bridgehead atoms. The van der Waals surface area contributed by atoms with E-state index < -0.39 is 0 Å². The zero-order chi connectivity index (χ0) is 21.5. The highest BCUT2D eigenvalue weighted by Crippen LogP contribution is 2.42. The van der Waals surface area contributed by atoms with Crippen LogP contribution >= 0.6 is 11.6 Å². The molecule has 6 rings (SSSR count). The Morgan fingerprint density at radius 3 is 1.91 bits per heavy atom. The van der Waals surface area contributed by atoms with E-state index in [1.807, 2.05) is 36.4 Å². The Hall–Kier alpha value is -3.81. The third kappa shape index (κ3) is 3.28. The first-order valence-electron chi connectivity index (χ1n) is 10.6. The number of hydrogen-bond donors (Lipinski definition) is 0. The predicted octanol–water partition coefficient (Wildman–Crippen LogP) is 9.24. The number of hydrogen-bond acceptors (Lipinski definition) is 1. The third-order valence-electron chi connectivity index (χ3n) is 5.92. The molecule has 0 saturated heterocycles. The zero-order valence-electron chi connectivity index (χ0n) is 17.3. The van der Waals surface area contributed by atoms with Crippen LogP contribution in [0.25, 0.3) is 55.3 Å². The van der Waals surface area contributed by atoms with E-state index in [0.29, 0.717) is 0 Å². The summed E-state index contributed by atoms with van der Waals surface area (Å²) in [6.45, 7) is 0. The second-order valence-corrected chi connectivity index (χ2v) is 8.39. The van der Waals surface area contributed by atoms with Gasteiger partial charge in [-0.15, -0.1) is 0 Å². The highest BCUT2D eigenvalue weighted by atomic mass is 35.5. The fraction of sp³-hybridized carbons (Fsp3) is 0. The minimum Gasteiger partial charge on any atom is -0.455 e. The van der Waals surface area contributed by atoms with E-state index in [0.717, 1.165) is 49.4 Å². The van der Waals surface area contributed by atoms with Gasteiger partial charge in [0.25, 0.3) is 0 Å².